The van der Waals surface area contributed by atoms with E-state index in [0.717, 1.165) is 44.5 Å². The molecule has 3 fully saturated rings. The van der Waals surface area contributed by atoms with Gasteiger partial charge in [-0.15, -0.1) is 0 Å². The Labute approximate surface area is 199 Å². The number of hydrogen-bond acceptors (Lipinski definition) is 7. The minimum atomic E-state index is -2.83. The van der Waals surface area contributed by atoms with Gasteiger partial charge in [0, 0.05) is 25.5 Å². The van der Waals surface area contributed by atoms with E-state index in [2.05, 4.69) is 25.4 Å². The van der Waals surface area contributed by atoms with Gasteiger partial charge < -0.3 is 20.1 Å². The molecule has 1 amide bonds. The molecule has 1 aliphatic carbocycles. The van der Waals surface area contributed by atoms with Crippen LogP contribution in [0.15, 0.2) is 24.7 Å². The molecule has 0 radical (unpaired) electrons. The van der Waals surface area contributed by atoms with Crippen LogP contribution in [0.5, 0.6) is 0 Å². The Morgan fingerprint density at radius 2 is 2.09 bits per heavy atom. The third-order valence-electron chi connectivity index (χ3n) is 7.46. The topological polar surface area (TPSA) is 110 Å². The predicted molar refractivity (Wildman–Crippen MR) is 122 cm³/mol. The zero-order valence-corrected chi connectivity index (χ0v) is 19.1. The number of amides is 1. The van der Waals surface area contributed by atoms with Crippen molar-refractivity contribution in [3.63, 3.8) is 0 Å². The quantitative estimate of drug-likeness (QED) is 0.550. The molecule has 35 heavy (non-hydrogen) atoms. The maximum atomic E-state index is 13.8. The van der Waals surface area contributed by atoms with Crippen molar-refractivity contribution in [3.05, 3.63) is 35.9 Å². The van der Waals surface area contributed by atoms with Gasteiger partial charge in [0.15, 0.2) is 11.3 Å². The van der Waals surface area contributed by atoms with Crippen molar-refractivity contribution in [2.24, 2.45) is 5.92 Å². The SMILES string of the molecule is O=C(Nc1cn([C@H]2CC[C@@H](CO)CC2)nc1C(F)F)c1cnn2ccc(N3C[C@@H]4C[C@H]3CO4)nc12. The number of aromatic nitrogens is 5. The number of aliphatic hydroxyl groups is 1. The molecule has 0 aromatic carbocycles. The average molecular weight is 488 g/mol. The second-order valence-corrected chi connectivity index (χ2v) is 9.63. The number of alkyl halides is 2. The number of aliphatic hydroxyl groups excluding tert-OH is 1. The van der Waals surface area contributed by atoms with E-state index in [1.807, 2.05) is 6.07 Å². The van der Waals surface area contributed by atoms with Crippen LogP contribution in [-0.2, 0) is 4.74 Å². The van der Waals surface area contributed by atoms with Crippen LogP contribution in [0.4, 0.5) is 20.3 Å². The number of fused-ring (bicyclic) bond motifs is 3. The van der Waals surface area contributed by atoms with Crippen molar-refractivity contribution in [2.45, 2.75) is 56.7 Å². The van der Waals surface area contributed by atoms with Crippen LogP contribution >= 0.6 is 0 Å². The molecule has 186 valence electrons. The second-order valence-electron chi connectivity index (χ2n) is 9.63. The maximum absolute atomic E-state index is 13.8. The maximum Gasteiger partial charge on any atom is 0.284 e. The van der Waals surface area contributed by atoms with Crippen LogP contribution < -0.4 is 10.2 Å². The van der Waals surface area contributed by atoms with Crippen molar-refractivity contribution in [2.75, 3.05) is 30.0 Å². The van der Waals surface area contributed by atoms with Crippen LogP contribution in [0, 0.1) is 5.92 Å². The van der Waals surface area contributed by atoms with Gasteiger partial charge in [-0.2, -0.15) is 10.2 Å². The van der Waals surface area contributed by atoms with Crippen LogP contribution in [0.25, 0.3) is 5.65 Å². The summed E-state index contributed by atoms with van der Waals surface area (Å²) in [5.41, 5.74) is 0.0838. The van der Waals surface area contributed by atoms with E-state index < -0.39 is 18.0 Å². The highest BCUT2D eigenvalue weighted by Gasteiger charge is 2.39. The zero-order valence-electron chi connectivity index (χ0n) is 19.1. The van der Waals surface area contributed by atoms with Gasteiger partial charge in [-0.05, 0) is 44.1 Å². The van der Waals surface area contributed by atoms with E-state index in [-0.39, 0.29) is 42.0 Å². The molecule has 10 nitrogen and oxygen atoms in total. The number of halogens is 2. The van der Waals surface area contributed by atoms with Crippen LogP contribution in [-0.4, -0.2) is 67.3 Å². The molecule has 12 heteroatoms. The lowest BCUT2D eigenvalue weighted by atomic mass is 9.87. The van der Waals surface area contributed by atoms with Crippen molar-refractivity contribution < 1.29 is 23.4 Å². The summed E-state index contributed by atoms with van der Waals surface area (Å²) in [4.78, 5) is 20.0. The van der Waals surface area contributed by atoms with E-state index >= 15 is 0 Å². The fourth-order valence-corrected chi connectivity index (χ4v) is 5.49. The first-order chi connectivity index (χ1) is 17.0. The van der Waals surface area contributed by atoms with Crippen molar-refractivity contribution in [3.8, 4) is 0 Å². The Hall–Kier alpha value is -3.12. The standard InChI is InChI=1S/C23H27F2N7O3/c24-21(25)20-18(10-32(29-20)14-3-1-13(11-33)2-4-14)27-23(34)17-8-26-31-6-5-19(28-22(17)31)30-9-16-7-15(30)12-35-16/h5-6,8,10,13-16,21,33H,1-4,7,9,11-12H2,(H,27,34)/t13-,14+,15-,16-/m0/s1. The molecular formula is C23H27F2N7O3. The molecule has 0 unspecified atom stereocenters. The Morgan fingerprint density at radius 1 is 1.26 bits per heavy atom. The van der Waals surface area contributed by atoms with Crippen molar-refractivity contribution in [1.82, 2.24) is 24.4 Å². The number of nitrogens with zero attached hydrogens (tertiary/aromatic N) is 6. The van der Waals surface area contributed by atoms with Gasteiger partial charge in [-0.3, -0.25) is 9.48 Å². The van der Waals surface area contributed by atoms with Crippen molar-refractivity contribution in [1.29, 1.82) is 0 Å². The van der Waals surface area contributed by atoms with Gasteiger partial charge in [0.2, 0.25) is 0 Å². The molecule has 1 saturated carbocycles. The lowest BCUT2D eigenvalue weighted by Gasteiger charge is -2.27. The fourth-order valence-electron chi connectivity index (χ4n) is 5.49. The predicted octanol–water partition coefficient (Wildman–Crippen LogP) is 2.82. The van der Waals surface area contributed by atoms with Gasteiger partial charge >= 0.3 is 0 Å². The Kier molecular flexibility index (Phi) is 5.64. The van der Waals surface area contributed by atoms with Gasteiger partial charge in [0.05, 0.1) is 36.7 Å². The molecule has 6 rings (SSSR count). The largest absolute Gasteiger partial charge is 0.396 e. The van der Waals surface area contributed by atoms with E-state index in [0.29, 0.717) is 12.3 Å². The first-order valence-corrected chi connectivity index (χ1v) is 12.0. The summed E-state index contributed by atoms with van der Waals surface area (Å²) in [5.74, 6) is 0.413. The fraction of sp³-hybridized carbons (Fsp3) is 0.565. The van der Waals surface area contributed by atoms with Gasteiger partial charge in [0.1, 0.15) is 11.4 Å². The highest BCUT2D eigenvalue weighted by molar-refractivity contribution is 6.08. The number of morpholine rings is 1. The van der Waals surface area contributed by atoms with E-state index in [1.54, 1.807) is 6.20 Å². The molecular weight excluding hydrogens is 460 g/mol. The van der Waals surface area contributed by atoms with Gasteiger partial charge in [-0.1, -0.05) is 0 Å². The summed E-state index contributed by atoms with van der Waals surface area (Å²) in [6.07, 6.45) is 6.06. The highest BCUT2D eigenvalue weighted by Crippen LogP contribution is 2.35. The first kappa shape index (κ1) is 22.4. The summed E-state index contributed by atoms with van der Waals surface area (Å²) in [5, 5.41) is 20.3. The van der Waals surface area contributed by atoms with E-state index in [1.165, 1.54) is 21.6 Å². The third kappa shape index (κ3) is 4.04. The summed E-state index contributed by atoms with van der Waals surface area (Å²) in [7, 11) is 0. The second kappa shape index (κ2) is 8.83. The molecule has 2 bridgehead atoms. The summed E-state index contributed by atoms with van der Waals surface area (Å²) >= 11 is 0. The third-order valence-corrected chi connectivity index (χ3v) is 7.46. The smallest absolute Gasteiger partial charge is 0.284 e. The lowest BCUT2D eigenvalue weighted by Crippen LogP contribution is -2.37. The average Bonchev–Trinajstić information content (AvgIpc) is 3.66. The number of carbonyl (C=O) groups excluding carboxylic acids is 1. The van der Waals surface area contributed by atoms with Crippen LogP contribution in [0.1, 0.15) is 60.6 Å². The Balaban J connectivity index is 1.24. The van der Waals surface area contributed by atoms with Gasteiger partial charge in [0.25, 0.3) is 12.3 Å². The van der Waals surface area contributed by atoms with E-state index in [4.69, 9.17) is 4.74 Å². The molecule has 3 aromatic rings. The number of rotatable bonds is 6. The molecule has 3 aliphatic rings. The van der Waals surface area contributed by atoms with Crippen LogP contribution in [0.3, 0.4) is 0 Å². The number of carbonyl (C=O) groups is 1. The summed E-state index contributed by atoms with van der Waals surface area (Å²) in [6.45, 7) is 1.55. The summed E-state index contributed by atoms with van der Waals surface area (Å²) in [6, 6.07) is 2.08. The Morgan fingerprint density at radius 3 is 2.77 bits per heavy atom. The molecule has 2 aliphatic heterocycles. The van der Waals surface area contributed by atoms with Crippen molar-refractivity contribution >= 4 is 23.1 Å². The van der Waals surface area contributed by atoms with Gasteiger partial charge in [-0.25, -0.2) is 18.3 Å². The first-order valence-electron chi connectivity index (χ1n) is 12.0. The van der Waals surface area contributed by atoms with Crippen LogP contribution in [0.2, 0.25) is 0 Å². The number of nitrogens with one attached hydrogen (secondary N) is 1. The monoisotopic (exact) mass is 487 g/mol. The molecule has 5 heterocycles. The molecule has 3 aromatic heterocycles. The lowest BCUT2D eigenvalue weighted by molar-refractivity contribution is 0.0988. The Bertz CT molecular complexity index is 1240. The number of anilines is 2. The molecule has 0 spiro atoms. The number of ether oxygens (including phenoxy) is 1. The molecule has 2 N–H and O–H groups in total. The normalized spacial score (nSPS) is 26.2. The highest BCUT2D eigenvalue weighted by atomic mass is 19.3. The van der Waals surface area contributed by atoms with E-state index in [9.17, 15) is 18.7 Å². The number of hydrogen-bond donors (Lipinski definition) is 2. The summed E-state index contributed by atoms with van der Waals surface area (Å²) < 4.78 is 36.2. The zero-order chi connectivity index (χ0) is 24.1. The minimum Gasteiger partial charge on any atom is -0.396 e. The molecule has 2 saturated heterocycles. The minimum absolute atomic E-state index is 0.0150. The molecule has 2 atom stereocenters.